The largest absolute Gasteiger partial charge is 0.361 e. The minimum Gasteiger partial charge on any atom is -0.361 e. The van der Waals surface area contributed by atoms with Crippen molar-refractivity contribution in [1.82, 2.24) is 0 Å². The van der Waals surface area contributed by atoms with Gasteiger partial charge in [0.05, 0.1) is 6.54 Å². The van der Waals surface area contributed by atoms with Crippen LogP contribution in [0.15, 0.2) is 54.6 Å². The van der Waals surface area contributed by atoms with Crippen molar-refractivity contribution in [2.24, 2.45) is 5.73 Å². The maximum Gasteiger partial charge on any atom is 0.246 e. The number of aryl methyl sites for hydroxylation is 1. The van der Waals surface area contributed by atoms with Crippen LogP contribution in [0.1, 0.15) is 5.56 Å². The van der Waals surface area contributed by atoms with Crippen LogP contribution >= 0.6 is 0 Å². The number of anilines is 2. The second-order valence-electron chi connectivity index (χ2n) is 5.33. The van der Waals surface area contributed by atoms with Crippen molar-refractivity contribution >= 4 is 17.3 Å². The first-order valence-electron chi connectivity index (χ1n) is 7.45. The summed E-state index contributed by atoms with van der Waals surface area (Å²) in [5.74, 6) is 0.0427. The van der Waals surface area contributed by atoms with Crippen LogP contribution in [0.2, 0.25) is 0 Å². The number of rotatable bonds is 6. The van der Waals surface area contributed by atoms with E-state index in [9.17, 15) is 4.79 Å². The van der Waals surface area contributed by atoms with E-state index in [1.54, 1.807) is 11.9 Å². The van der Waals surface area contributed by atoms with Crippen LogP contribution in [0.5, 0.6) is 0 Å². The highest BCUT2D eigenvalue weighted by molar-refractivity contribution is 5.95. The van der Waals surface area contributed by atoms with Gasteiger partial charge in [0.2, 0.25) is 5.91 Å². The fourth-order valence-electron chi connectivity index (χ4n) is 2.28. The van der Waals surface area contributed by atoms with Gasteiger partial charge in [-0.05, 0) is 31.2 Å². The summed E-state index contributed by atoms with van der Waals surface area (Å²) in [6, 6.07) is 17.8. The summed E-state index contributed by atoms with van der Waals surface area (Å²) in [6.07, 6.45) is 0. The maximum absolute atomic E-state index is 12.5. The molecule has 0 aromatic heterocycles. The van der Waals surface area contributed by atoms with Gasteiger partial charge < -0.3 is 15.5 Å². The van der Waals surface area contributed by atoms with Crippen molar-refractivity contribution < 1.29 is 4.79 Å². The van der Waals surface area contributed by atoms with Gasteiger partial charge in [-0.3, -0.25) is 4.79 Å². The second kappa shape index (κ2) is 7.61. The van der Waals surface area contributed by atoms with Crippen LogP contribution in [0.25, 0.3) is 0 Å². The lowest BCUT2D eigenvalue weighted by molar-refractivity contribution is -0.117. The molecule has 22 heavy (non-hydrogen) atoms. The molecular weight excluding hydrogens is 274 g/mol. The van der Waals surface area contributed by atoms with Gasteiger partial charge in [-0.1, -0.05) is 35.9 Å². The lowest BCUT2D eigenvalue weighted by Crippen LogP contribution is -2.40. The molecule has 0 saturated heterocycles. The van der Waals surface area contributed by atoms with Gasteiger partial charge >= 0.3 is 0 Å². The van der Waals surface area contributed by atoms with Crippen LogP contribution in [-0.4, -0.2) is 32.6 Å². The van der Waals surface area contributed by atoms with Crippen molar-refractivity contribution in [3.8, 4) is 0 Å². The highest BCUT2D eigenvalue weighted by atomic mass is 16.2. The molecule has 0 bridgehead atoms. The molecule has 2 aromatic rings. The van der Waals surface area contributed by atoms with E-state index in [0.29, 0.717) is 19.6 Å². The average Bonchev–Trinajstić information content (AvgIpc) is 2.55. The molecule has 0 radical (unpaired) electrons. The molecule has 0 spiro atoms. The molecule has 0 aliphatic heterocycles. The topological polar surface area (TPSA) is 49.6 Å². The Hall–Kier alpha value is -2.33. The van der Waals surface area contributed by atoms with Crippen molar-refractivity contribution in [2.45, 2.75) is 6.92 Å². The summed E-state index contributed by atoms with van der Waals surface area (Å²) in [4.78, 5) is 16.2. The van der Waals surface area contributed by atoms with Crippen molar-refractivity contribution in [2.75, 3.05) is 36.5 Å². The normalized spacial score (nSPS) is 10.3. The molecule has 0 saturated carbocycles. The Morgan fingerprint density at radius 3 is 2.23 bits per heavy atom. The van der Waals surface area contributed by atoms with Gasteiger partial charge in [-0.15, -0.1) is 0 Å². The molecule has 4 heteroatoms. The summed E-state index contributed by atoms with van der Waals surface area (Å²) in [5, 5.41) is 0. The summed E-state index contributed by atoms with van der Waals surface area (Å²) in [7, 11) is 1.80. The van der Waals surface area contributed by atoms with Gasteiger partial charge in [0.25, 0.3) is 0 Å². The molecule has 0 aliphatic rings. The van der Waals surface area contributed by atoms with Crippen LogP contribution < -0.4 is 15.5 Å². The molecule has 4 nitrogen and oxygen atoms in total. The number of benzene rings is 2. The van der Waals surface area contributed by atoms with E-state index in [4.69, 9.17) is 5.73 Å². The van der Waals surface area contributed by atoms with Crippen molar-refractivity contribution in [3.05, 3.63) is 60.2 Å². The third kappa shape index (κ3) is 4.09. The van der Waals surface area contributed by atoms with Gasteiger partial charge in [0.1, 0.15) is 0 Å². The number of carbonyl (C=O) groups excluding carboxylic acids is 1. The summed E-state index contributed by atoms with van der Waals surface area (Å²) in [6.45, 7) is 3.50. The van der Waals surface area contributed by atoms with Crippen LogP contribution in [0, 0.1) is 6.92 Å². The predicted octanol–water partition coefficient (Wildman–Crippen LogP) is 2.42. The quantitative estimate of drug-likeness (QED) is 0.891. The van der Waals surface area contributed by atoms with Crippen LogP contribution in [-0.2, 0) is 4.79 Å². The van der Waals surface area contributed by atoms with Crippen LogP contribution in [0.3, 0.4) is 0 Å². The molecule has 0 atom stereocenters. The molecule has 2 aromatic carbocycles. The van der Waals surface area contributed by atoms with Crippen molar-refractivity contribution in [3.63, 3.8) is 0 Å². The second-order valence-corrected chi connectivity index (χ2v) is 5.33. The van der Waals surface area contributed by atoms with E-state index in [-0.39, 0.29) is 5.91 Å². The zero-order chi connectivity index (χ0) is 15.9. The molecule has 116 valence electrons. The monoisotopic (exact) mass is 297 g/mol. The number of amides is 1. The maximum atomic E-state index is 12.5. The van der Waals surface area contributed by atoms with E-state index < -0.39 is 0 Å². The number of nitrogens with two attached hydrogens (primary N) is 1. The first kappa shape index (κ1) is 16.0. The van der Waals surface area contributed by atoms with Gasteiger partial charge in [-0.2, -0.15) is 0 Å². The van der Waals surface area contributed by atoms with Gasteiger partial charge in [0.15, 0.2) is 0 Å². The third-order valence-corrected chi connectivity index (χ3v) is 3.64. The Bertz CT molecular complexity index is 595. The fraction of sp³-hybridized carbons (Fsp3) is 0.278. The molecule has 2 N–H and O–H groups in total. The third-order valence-electron chi connectivity index (χ3n) is 3.64. The SMILES string of the molecule is Cc1ccc(N(C)C(=O)CN(CCN)c2ccccc2)cc1. The lowest BCUT2D eigenvalue weighted by atomic mass is 10.2. The fourth-order valence-corrected chi connectivity index (χ4v) is 2.28. The van der Waals surface area contributed by atoms with E-state index in [1.807, 2.05) is 66.4 Å². The highest BCUT2D eigenvalue weighted by Crippen LogP contribution is 2.16. The first-order chi connectivity index (χ1) is 10.6. The zero-order valence-corrected chi connectivity index (χ0v) is 13.2. The Morgan fingerprint density at radius 1 is 1.00 bits per heavy atom. The molecule has 0 unspecified atom stereocenters. The summed E-state index contributed by atoms with van der Waals surface area (Å²) >= 11 is 0. The van der Waals surface area contributed by atoms with Gasteiger partial charge in [-0.25, -0.2) is 0 Å². The highest BCUT2D eigenvalue weighted by Gasteiger charge is 2.15. The van der Waals surface area contributed by atoms with E-state index in [2.05, 4.69) is 0 Å². The van der Waals surface area contributed by atoms with Crippen LogP contribution in [0.4, 0.5) is 11.4 Å². The Labute approximate surface area is 132 Å². The zero-order valence-electron chi connectivity index (χ0n) is 13.2. The predicted molar refractivity (Wildman–Crippen MR) is 92.3 cm³/mol. The summed E-state index contributed by atoms with van der Waals surface area (Å²) < 4.78 is 0. The van der Waals surface area contributed by atoms with E-state index in [1.165, 1.54) is 5.56 Å². The molecule has 0 heterocycles. The van der Waals surface area contributed by atoms with E-state index >= 15 is 0 Å². The first-order valence-corrected chi connectivity index (χ1v) is 7.45. The van der Waals surface area contributed by atoms with E-state index in [0.717, 1.165) is 11.4 Å². The molecule has 1 amide bonds. The standard InChI is InChI=1S/C18H23N3O/c1-15-8-10-16(11-9-15)20(2)18(22)14-21(13-12-19)17-6-4-3-5-7-17/h3-11H,12-14,19H2,1-2H3. The lowest BCUT2D eigenvalue weighted by Gasteiger charge is -2.26. The number of hydrogen-bond acceptors (Lipinski definition) is 3. The Balaban J connectivity index is 2.09. The van der Waals surface area contributed by atoms with Gasteiger partial charge in [0, 0.05) is 31.5 Å². The number of nitrogens with zero attached hydrogens (tertiary/aromatic N) is 2. The number of carbonyl (C=O) groups is 1. The Kier molecular flexibility index (Phi) is 5.55. The molecule has 0 aliphatic carbocycles. The average molecular weight is 297 g/mol. The summed E-state index contributed by atoms with van der Waals surface area (Å²) in [5.41, 5.74) is 8.77. The minimum atomic E-state index is 0.0427. The smallest absolute Gasteiger partial charge is 0.246 e. The minimum absolute atomic E-state index is 0.0427. The number of likely N-dealkylation sites (N-methyl/N-ethyl adjacent to an activating group) is 1. The van der Waals surface area contributed by atoms with Crippen molar-refractivity contribution in [1.29, 1.82) is 0 Å². The molecule has 0 fully saturated rings. The molecular formula is C18H23N3O. The Morgan fingerprint density at radius 2 is 1.64 bits per heavy atom. The number of para-hydroxylation sites is 1. The number of hydrogen-bond donors (Lipinski definition) is 1. The molecule has 2 rings (SSSR count).